The van der Waals surface area contributed by atoms with Crippen LogP contribution in [0, 0.1) is 18.5 Å². The van der Waals surface area contributed by atoms with Gasteiger partial charge in [-0.3, -0.25) is 4.98 Å². The first-order valence-electron chi connectivity index (χ1n) is 14.9. The Hall–Kier alpha value is -5.37. The van der Waals surface area contributed by atoms with Crippen molar-refractivity contribution >= 4 is 16.7 Å². The first-order chi connectivity index (χ1) is 22.4. The number of pyridine rings is 1. The molecule has 0 aliphatic carbocycles. The quantitative estimate of drug-likeness (QED) is 0.171. The summed E-state index contributed by atoms with van der Waals surface area (Å²) in [7, 11) is 1.91. The number of para-hydroxylation sites is 1. The van der Waals surface area contributed by atoms with E-state index in [1.54, 1.807) is 24.3 Å². The third-order valence-electron chi connectivity index (χ3n) is 8.46. The third kappa shape index (κ3) is 6.11. The molecule has 2 heterocycles. The van der Waals surface area contributed by atoms with E-state index in [0.717, 1.165) is 50.1 Å². The Morgan fingerprint density at radius 1 is 0.809 bits per heavy atom. The van der Waals surface area contributed by atoms with Crippen LogP contribution in [0.1, 0.15) is 24.0 Å². The van der Waals surface area contributed by atoms with Gasteiger partial charge in [-0.1, -0.05) is 102 Å². The molecule has 47 heavy (non-hydrogen) atoms. The topological polar surface area (TPSA) is 55.3 Å². The molecule has 0 fully saturated rings. The number of aromatic hydroxyl groups is 1. The van der Waals surface area contributed by atoms with E-state index in [4.69, 9.17) is 16.5 Å². The molecule has 0 amide bonds. The molecule has 232 valence electrons. The molecule has 0 saturated heterocycles. The van der Waals surface area contributed by atoms with E-state index in [1.807, 2.05) is 72.4 Å². The zero-order valence-corrected chi connectivity index (χ0v) is 27.8. The fourth-order valence-corrected chi connectivity index (χ4v) is 5.87. The van der Waals surface area contributed by atoms with Gasteiger partial charge in [0.2, 0.25) is 0 Å². The normalized spacial score (nSPS) is 11.5. The van der Waals surface area contributed by atoms with E-state index in [2.05, 4.69) is 36.0 Å². The molecule has 0 aliphatic heterocycles. The molecule has 0 saturated carbocycles. The van der Waals surface area contributed by atoms with Crippen molar-refractivity contribution in [2.24, 2.45) is 7.05 Å². The van der Waals surface area contributed by atoms with Crippen LogP contribution in [0.3, 0.4) is 0 Å². The van der Waals surface area contributed by atoms with Crippen molar-refractivity contribution in [3.05, 3.63) is 156 Å². The van der Waals surface area contributed by atoms with E-state index in [0.29, 0.717) is 17.1 Å². The Morgan fingerprint density at radius 3 is 2.28 bits per heavy atom. The standard InChI is InChI=1S/C40H28FN4O.Pt/c1-25(26-8-5-4-6-9-26)28-14-19-36(43-24-28)31-21-29(27-12-15-32(41)16-13-27)20-30(22-31)34-10-7-11-37-39(34)44-40(45(37)3)35-18-17-33(42-2)23-38(35)46;/h4-21,23-25,46H,1,3H3;/q-1;. The van der Waals surface area contributed by atoms with E-state index in [9.17, 15) is 9.50 Å². The van der Waals surface area contributed by atoms with Crippen LogP contribution in [0.5, 0.6) is 5.75 Å². The summed E-state index contributed by atoms with van der Waals surface area (Å²) in [6.07, 6.45) is 1.92. The number of hydrogen-bond acceptors (Lipinski definition) is 3. The number of hydrogen-bond donors (Lipinski definition) is 1. The number of phenolic OH excluding ortho intramolecular Hbond substituents is 1. The molecular formula is C40H28FN4OPt-. The summed E-state index contributed by atoms with van der Waals surface area (Å²) >= 11 is 0. The summed E-state index contributed by atoms with van der Waals surface area (Å²) in [6, 6.07) is 39.4. The van der Waals surface area contributed by atoms with E-state index < -0.39 is 0 Å². The predicted octanol–water partition coefficient (Wildman–Crippen LogP) is 9.98. The van der Waals surface area contributed by atoms with Crippen LogP contribution in [0.2, 0.25) is 0 Å². The third-order valence-corrected chi connectivity index (χ3v) is 8.46. The molecule has 0 aliphatic rings. The maximum absolute atomic E-state index is 13.9. The molecule has 1 N–H and O–H groups in total. The van der Waals surface area contributed by atoms with E-state index >= 15 is 0 Å². The molecule has 1 atom stereocenters. The zero-order chi connectivity index (χ0) is 31.8. The van der Waals surface area contributed by atoms with Crippen LogP contribution in [0.15, 0.2) is 121 Å². The summed E-state index contributed by atoms with van der Waals surface area (Å²) in [5.41, 5.74) is 9.86. The van der Waals surface area contributed by atoms with Crippen LogP contribution >= 0.6 is 0 Å². The monoisotopic (exact) mass is 794 g/mol. The number of aryl methyl sites for hydroxylation is 1. The molecule has 5 nitrogen and oxygen atoms in total. The largest absolute Gasteiger partial charge is 0.509 e. The maximum Gasteiger partial charge on any atom is 0.190 e. The molecule has 7 aromatic rings. The minimum absolute atomic E-state index is 0. The van der Waals surface area contributed by atoms with Gasteiger partial charge in [0, 0.05) is 45.9 Å². The predicted molar refractivity (Wildman–Crippen MR) is 181 cm³/mol. The van der Waals surface area contributed by atoms with Gasteiger partial charge in [0.05, 0.1) is 23.2 Å². The van der Waals surface area contributed by atoms with Crippen LogP contribution in [0.4, 0.5) is 10.1 Å². The molecule has 5 aromatic carbocycles. The van der Waals surface area contributed by atoms with Gasteiger partial charge in [-0.2, -0.15) is 0 Å². The molecule has 7 heteroatoms. The number of imidazole rings is 1. The Labute approximate surface area is 287 Å². The summed E-state index contributed by atoms with van der Waals surface area (Å²) in [6.45, 7) is 9.44. The van der Waals surface area contributed by atoms with Crippen LogP contribution in [-0.2, 0) is 28.1 Å². The number of fused-ring (bicyclic) bond motifs is 1. The minimum Gasteiger partial charge on any atom is -0.509 e. The van der Waals surface area contributed by atoms with Gasteiger partial charge < -0.3 is 9.67 Å². The number of rotatable bonds is 6. The van der Waals surface area contributed by atoms with E-state index in [1.165, 1.54) is 23.8 Å². The minimum atomic E-state index is -0.296. The van der Waals surface area contributed by atoms with E-state index in [-0.39, 0.29) is 38.5 Å². The first kappa shape index (κ1) is 31.6. The Kier molecular flexibility index (Phi) is 8.85. The summed E-state index contributed by atoms with van der Waals surface area (Å²) in [5, 5.41) is 10.7. The van der Waals surface area contributed by atoms with Crippen LogP contribution in [-0.4, -0.2) is 19.6 Å². The second-order valence-corrected chi connectivity index (χ2v) is 11.3. The van der Waals surface area contributed by atoms with Gasteiger partial charge in [0.15, 0.2) is 5.69 Å². The number of nitrogens with zero attached hydrogens (tertiary/aromatic N) is 4. The average Bonchev–Trinajstić information content (AvgIpc) is 3.44. The van der Waals surface area contributed by atoms with Gasteiger partial charge in [-0.25, -0.2) is 14.2 Å². The van der Waals surface area contributed by atoms with Gasteiger partial charge in [0.1, 0.15) is 17.4 Å². The molecule has 0 radical (unpaired) electrons. The van der Waals surface area contributed by atoms with Crippen molar-refractivity contribution in [2.45, 2.75) is 12.8 Å². The number of halogens is 1. The fraction of sp³-hybridized carbons (Fsp3) is 0.0750. The van der Waals surface area contributed by atoms with Gasteiger partial charge in [0.25, 0.3) is 0 Å². The number of aromatic nitrogens is 3. The number of benzene rings is 5. The van der Waals surface area contributed by atoms with Crippen molar-refractivity contribution in [1.29, 1.82) is 0 Å². The van der Waals surface area contributed by atoms with Gasteiger partial charge in [-0.15, -0.1) is 23.8 Å². The summed E-state index contributed by atoms with van der Waals surface area (Å²) in [4.78, 5) is 13.3. The molecule has 0 spiro atoms. The first-order valence-corrected chi connectivity index (χ1v) is 14.9. The molecule has 2 aromatic heterocycles. The summed E-state index contributed by atoms with van der Waals surface area (Å²) < 4.78 is 15.8. The van der Waals surface area contributed by atoms with Gasteiger partial charge >= 0.3 is 0 Å². The van der Waals surface area contributed by atoms with Crippen molar-refractivity contribution < 1.29 is 30.6 Å². The maximum atomic E-state index is 13.9. The van der Waals surface area contributed by atoms with Crippen LogP contribution < -0.4 is 0 Å². The second kappa shape index (κ2) is 13.2. The van der Waals surface area contributed by atoms with Crippen molar-refractivity contribution in [1.82, 2.24) is 14.5 Å². The van der Waals surface area contributed by atoms with Crippen molar-refractivity contribution in [2.75, 3.05) is 0 Å². The smallest absolute Gasteiger partial charge is 0.190 e. The van der Waals surface area contributed by atoms with Crippen molar-refractivity contribution in [3.8, 4) is 50.6 Å². The number of phenols is 1. The Bertz CT molecular complexity index is 2260. The second-order valence-electron chi connectivity index (χ2n) is 11.3. The van der Waals surface area contributed by atoms with Crippen molar-refractivity contribution in [3.63, 3.8) is 0 Å². The SMILES string of the molecule is [C-]#[N+]c1ccc(-c2nc3c(-c4[c-]c(-c5ccc(C(C)c6ccccc6)cn5)cc(-c5ccc(F)cc5)c4)cccc3n2C)c(O)c1.[Pt]. The Balaban J connectivity index is 0.00000386. The molecule has 0 bridgehead atoms. The molecule has 7 rings (SSSR count). The Morgan fingerprint density at radius 2 is 1.57 bits per heavy atom. The fourth-order valence-electron chi connectivity index (χ4n) is 5.87. The summed E-state index contributed by atoms with van der Waals surface area (Å²) in [5.74, 6) is 0.476. The van der Waals surface area contributed by atoms with Crippen LogP contribution in [0.25, 0.3) is 60.8 Å². The molecular weight excluding hydrogens is 767 g/mol. The zero-order valence-electron chi connectivity index (χ0n) is 25.6. The average molecular weight is 795 g/mol. The molecule has 1 unspecified atom stereocenters. The van der Waals surface area contributed by atoms with Gasteiger partial charge in [-0.05, 0) is 41.0 Å².